The molecule has 82 valence electrons. The quantitative estimate of drug-likeness (QED) is 0.751. The predicted octanol–water partition coefficient (Wildman–Crippen LogP) is 2.32. The number of nitrogens with zero attached hydrogens (tertiary/aromatic N) is 1. The van der Waals surface area contributed by atoms with Gasteiger partial charge in [0.1, 0.15) is 5.75 Å². The summed E-state index contributed by atoms with van der Waals surface area (Å²) in [4.78, 5) is 4.04. The van der Waals surface area contributed by atoms with E-state index in [1.807, 2.05) is 20.0 Å². The van der Waals surface area contributed by atoms with Crippen LogP contribution in [0.25, 0.3) is 0 Å². The first kappa shape index (κ1) is 11.7. The largest absolute Gasteiger partial charge is 0.495 e. The molecule has 0 bridgehead atoms. The molecule has 0 saturated carbocycles. The number of aromatic nitrogens is 1. The van der Waals surface area contributed by atoms with E-state index in [1.165, 1.54) is 0 Å². The molecule has 0 aliphatic carbocycles. The number of pyridine rings is 1. The smallest absolute Gasteiger partial charge is 0.141 e. The van der Waals surface area contributed by atoms with Crippen molar-refractivity contribution in [1.29, 1.82) is 0 Å². The Balaban J connectivity index is 2.95. The minimum Gasteiger partial charge on any atom is -0.495 e. The maximum Gasteiger partial charge on any atom is 0.141 e. The Morgan fingerprint density at radius 2 is 2.40 bits per heavy atom. The maximum absolute atomic E-state index is 5.28. The van der Waals surface area contributed by atoms with Crippen molar-refractivity contribution >= 4 is 0 Å². The van der Waals surface area contributed by atoms with E-state index in [2.05, 4.69) is 16.9 Å². The maximum atomic E-state index is 5.28. The first-order valence-corrected chi connectivity index (χ1v) is 4.98. The first-order chi connectivity index (χ1) is 7.19. The molecule has 0 amide bonds. The molecule has 0 aliphatic heterocycles. The first-order valence-electron chi connectivity index (χ1n) is 4.98. The zero-order valence-corrected chi connectivity index (χ0v) is 9.58. The standard InChI is InChI=1S/C12H18N2O/c1-9(2)7-11(13-3)10-5-6-14-8-12(10)15-4/h5-6,8,11,13H,1,7H2,2-4H3. The van der Waals surface area contributed by atoms with Crippen molar-refractivity contribution in [1.82, 2.24) is 10.3 Å². The molecule has 0 aromatic carbocycles. The Labute approximate surface area is 91.2 Å². The van der Waals surface area contributed by atoms with Gasteiger partial charge >= 0.3 is 0 Å². The van der Waals surface area contributed by atoms with Gasteiger partial charge in [0.15, 0.2) is 0 Å². The van der Waals surface area contributed by atoms with Gasteiger partial charge in [-0.2, -0.15) is 0 Å². The van der Waals surface area contributed by atoms with E-state index in [4.69, 9.17) is 4.74 Å². The third kappa shape index (κ3) is 3.06. The van der Waals surface area contributed by atoms with Crippen LogP contribution in [0.2, 0.25) is 0 Å². The van der Waals surface area contributed by atoms with Gasteiger partial charge in [-0.15, -0.1) is 6.58 Å². The molecule has 3 heteroatoms. The van der Waals surface area contributed by atoms with Crippen molar-refractivity contribution in [2.45, 2.75) is 19.4 Å². The van der Waals surface area contributed by atoms with Gasteiger partial charge in [-0.25, -0.2) is 0 Å². The third-order valence-electron chi connectivity index (χ3n) is 2.31. The number of hydrogen-bond donors (Lipinski definition) is 1. The Morgan fingerprint density at radius 1 is 1.67 bits per heavy atom. The summed E-state index contributed by atoms with van der Waals surface area (Å²) in [5, 5.41) is 3.26. The van der Waals surface area contributed by atoms with E-state index in [0.29, 0.717) is 0 Å². The molecule has 0 aliphatic rings. The lowest BCUT2D eigenvalue weighted by atomic mass is 10.0. The van der Waals surface area contributed by atoms with Gasteiger partial charge in [-0.3, -0.25) is 4.98 Å². The van der Waals surface area contributed by atoms with Crippen LogP contribution >= 0.6 is 0 Å². The molecular weight excluding hydrogens is 188 g/mol. The molecule has 0 radical (unpaired) electrons. The van der Waals surface area contributed by atoms with Gasteiger partial charge in [0.2, 0.25) is 0 Å². The molecular formula is C12H18N2O. The van der Waals surface area contributed by atoms with Crippen LogP contribution in [0.1, 0.15) is 24.9 Å². The molecule has 1 N–H and O–H groups in total. The minimum absolute atomic E-state index is 0.237. The molecule has 3 nitrogen and oxygen atoms in total. The van der Waals surface area contributed by atoms with Crippen molar-refractivity contribution in [2.75, 3.05) is 14.2 Å². The normalized spacial score (nSPS) is 12.2. The lowest BCUT2D eigenvalue weighted by Gasteiger charge is -2.18. The molecule has 1 atom stereocenters. The highest BCUT2D eigenvalue weighted by atomic mass is 16.5. The second kappa shape index (κ2) is 5.51. The van der Waals surface area contributed by atoms with Crippen molar-refractivity contribution in [2.24, 2.45) is 0 Å². The Kier molecular flexibility index (Phi) is 4.31. The van der Waals surface area contributed by atoms with Crippen LogP contribution in [0, 0.1) is 0 Å². The van der Waals surface area contributed by atoms with Gasteiger partial charge < -0.3 is 10.1 Å². The Morgan fingerprint density at radius 3 is 2.93 bits per heavy atom. The molecule has 0 spiro atoms. The monoisotopic (exact) mass is 206 g/mol. The molecule has 1 rings (SSSR count). The fourth-order valence-electron chi connectivity index (χ4n) is 1.57. The molecule has 1 unspecified atom stereocenters. The van der Waals surface area contributed by atoms with Crippen molar-refractivity contribution in [3.63, 3.8) is 0 Å². The van der Waals surface area contributed by atoms with Crippen LogP contribution in [0.4, 0.5) is 0 Å². The van der Waals surface area contributed by atoms with E-state index in [0.717, 1.165) is 23.3 Å². The molecule has 15 heavy (non-hydrogen) atoms. The topological polar surface area (TPSA) is 34.2 Å². The summed E-state index contributed by atoms with van der Waals surface area (Å²) in [5.74, 6) is 0.818. The Hall–Kier alpha value is -1.35. The number of rotatable bonds is 5. The van der Waals surface area contributed by atoms with Gasteiger partial charge in [-0.05, 0) is 26.5 Å². The molecule has 1 heterocycles. The predicted molar refractivity (Wildman–Crippen MR) is 62.0 cm³/mol. The van der Waals surface area contributed by atoms with E-state index >= 15 is 0 Å². The minimum atomic E-state index is 0.237. The van der Waals surface area contributed by atoms with Gasteiger partial charge in [0, 0.05) is 17.8 Å². The van der Waals surface area contributed by atoms with Gasteiger partial charge in [0.05, 0.1) is 13.3 Å². The fraction of sp³-hybridized carbons (Fsp3) is 0.417. The second-order valence-corrected chi connectivity index (χ2v) is 3.62. The van der Waals surface area contributed by atoms with Crippen molar-refractivity contribution in [3.05, 3.63) is 36.2 Å². The molecule has 1 aromatic heterocycles. The number of nitrogens with one attached hydrogen (secondary N) is 1. The van der Waals surface area contributed by atoms with Crippen molar-refractivity contribution < 1.29 is 4.74 Å². The average Bonchev–Trinajstić information content (AvgIpc) is 2.25. The van der Waals surface area contributed by atoms with Crippen LogP contribution in [-0.4, -0.2) is 19.1 Å². The van der Waals surface area contributed by atoms with Crippen LogP contribution < -0.4 is 10.1 Å². The number of hydrogen-bond acceptors (Lipinski definition) is 3. The SMILES string of the molecule is C=C(C)CC(NC)c1ccncc1OC. The van der Waals surface area contributed by atoms with Gasteiger partial charge in [0.25, 0.3) is 0 Å². The van der Waals surface area contributed by atoms with E-state index in [1.54, 1.807) is 19.5 Å². The highest BCUT2D eigenvalue weighted by Crippen LogP contribution is 2.27. The van der Waals surface area contributed by atoms with E-state index < -0.39 is 0 Å². The average molecular weight is 206 g/mol. The van der Waals surface area contributed by atoms with E-state index in [-0.39, 0.29) is 6.04 Å². The number of ether oxygens (including phenoxy) is 1. The summed E-state index contributed by atoms with van der Waals surface area (Å²) in [7, 11) is 3.60. The zero-order chi connectivity index (χ0) is 11.3. The fourth-order valence-corrected chi connectivity index (χ4v) is 1.57. The highest BCUT2D eigenvalue weighted by Gasteiger charge is 2.13. The summed E-state index contributed by atoms with van der Waals surface area (Å²) in [5.41, 5.74) is 2.27. The summed E-state index contributed by atoms with van der Waals surface area (Å²) >= 11 is 0. The third-order valence-corrected chi connectivity index (χ3v) is 2.31. The van der Waals surface area contributed by atoms with Crippen LogP contribution in [0.3, 0.4) is 0 Å². The summed E-state index contributed by atoms with van der Waals surface area (Å²) in [6, 6.07) is 2.21. The molecule has 0 saturated heterocycles. The van der Waals surface area contributed by atoms with Crippen LogP contribution in [-0.2, 0) is 0 Å². The highest BCUT2D eigenvalue weighted by molar-refractivity contribution is 5.33. The Bertz CT molecular complexity index is 336. The van der Waals surface area contributed by atoms with Crippen LogP contribution in [0.5, 0.6) is 5.75 Å². The van der Waals surface area contributed by atoms with Gasteiger partial charge in [-0.1, -0.05) is 5.57 Å². The molecule has 1 aromatic rings. The summed E-state index contributed by atoms with van der Waals surface area (Å²) in [6.07, 6.45) is 4.41. The molecule has 0 fully saturated rings. The number of methoxy groups -OCH3 is 1. The van der Waals surface area contributed by atoms with E-state index in [9.17, 15) is 0 Å². The lowest BCUT2D eigenvalue weighted by Crippen LogP contribution is -2.17. The van der Waals surface area contributed by atoms with Crippen molar-refractivity contribution in [3.8, 4) is 5.75 Å². The zero-order valence-electron chi connectivity index (χ0n) is 9.58. The lowest BCUT2D eigenvalue weighted by molar-refractivity contribution is 0.399. The summed E-state index contributed by atoms with van der Waals surface area (Å²) < 4.78 is 5.28. The van der Waals surface area contributed by atoms with Crippen LogP contribution in [0.15, 0.2) is 30.6 Å². The summed E-state index contributed by atoms with van der Waals surface area (Å²) in [6.45, 7) is 5.95. The second-order valence-electron chi connectivity index (χ2n) is 3.62.